The molecule has 1 N–H and O–H groups in total. The molecule has 1 amide bonds. The molecule has 0 radical (unpaired) electrons. The maximum absolute atomic E-state index is 12.5. The van der Waals surface area contributed by atoms with Crippen molar-refractivity contribution in [3.05, 3.63) is 88.3 Å². The van der Waals surface area contributed by atoms with Crippen molar-refractivity contribution in [1.82, 2.24) is 14.5 Å². The highest BCUT2D eigenvalue weighted by atomic mass is 35.5. The van der Waals surface area contributed by atoms with Crippen LogP contribution in [0.25, 0.3) is 11.2 Å². The maximum Gasteiger partial charge on any atom is 0.255 e. The second-order valence-electron chi connectivity index (χ2n) is 6.66. The summed E-state index contributed by atoms with van der Waals surface area (Å²) in [6.45, 7) is 4.55. The van der Waals surface area contributed by atoms with E-state index in [-0.39, 0.29) is 5.91 Å². The molecule has 140 valence electrons. The number of amides is 1. The molecule has 0 atom stereocenters. The number of nitrogens with zero attached hydrogens (tertiary/aromatic N) is 3. The van der Waals surface area contributed by atoms with E-state index in [0.717, 1.165) is 22.7 Å². The van der Waals surface area contributed by atoms with E-state index in [1.54, 1.807) is 24.3 Å². The molecule has 0 aliphatic rings. The summed E-state index contributed by atoms with van der Waals surface area (Å²) < 4.78 is 2.09. The third-order valence-electron chi connectivity index (χ3n) is 4.64. The van der Waals surface area contributed by atoms with E-state index in [9.17, 15) is 4.79 Å². The van der Waals surface area contributed by atoms with Crippen LogP contribution < -0.4 is 5.32 Å². The zero-order valence-corrected chi connectivity index (χ0v) is 16.4. The third-order valence-corrected chi connectivity index (χ3v) is 4.89. The molecule has 5 nitrogen and oxygen atoms in total. The van der Waals surface area contributed by atoms with Crippen molar-refractivity contribution in [3.63, 3.8) is 0 Å². The van der Waals surface area contributed by atoms with Crippen LogP contribution in [-0.2, 0) is 6.54 Å². The first-order valence-corrected chi connectivity index (χ1v) is 9.34. The fourth-order valence-electron chi connectivity index (χ4n) is 3.13. The number of hydrogen-bond donors (Lipinski definition) is 1. The Balaban J connectivity index is 1.65. The second kappa shape index (κ2) is 7.44. The molecule has 0 unspecified atom stereocenters. The van der Waals surface area contributed by atoms with Gasteiger partial charge in [-0.25, -0.2) is 9.97 Å². The van der Waals surface area contributed by atoms with Gasteiger partial charge in [0.1, 0.15) is 11.3 Å². The standard InChI is InChI=1S/C22H19ClN4O/c1-14-19(26-22(28)17-8-10-18(23)11-9-17)12-20-21(24-14)27(15(2)25-20)13-16-6-4-3-5-7-16/h3-12H,13H2,1-2H3,(H,26,28). The fourth-order valence-corrected chi connectivity index (χ4v) is 3.25. The Morgan fingerprint density at radius 3 is 2.46 bits per heavy atom. The van der Waals surface area contributed by atoms with Crippen molar-refractivity contribution in [2.45, 2.75) is 20.4 Å². The van der Waals surface area contributed by atoms with Crippen molar-refractivity contribution >= 4 is 34.4 Å². The molecule has 0 spiro atoms. The summed E-state index contributed by atoms with van der Waals surface area (Å²) in [5.41, 5.74) is 4.67. The Kier molecular flexibility index (Phi) is 4.84. The molecule has 0 saturated heterocycles. The number of benzene rings is 2. The minimum atomic E-state index is -0.207. The number of anilines is 1. The summed E-state index contributed by atoms with van der Waals surface area (Å²) in [6, 6.07) is 18.9. The largest absolute Gasteiger partial charge is 0.320 e. The van der Waals surface area contributed by atoms with Gasteiger partial charge in [-0.05, 0) is 49.7 Å². The normalized spacial score (nSPS) is 11.0. The number of rotatable bonds is 4. The molecule has 4 rings (SSSR count). The van der Waals surface area contributed by atoms with Crippen LogP contribution in [0.15, 0.2) is 60.7 Å². The fraction of sp³-hybridized carbons (Fsp3) is 0.136. The topological polar surface area (TPSA) is 59.8 Å². The number of carbonyl (C=O) groups excluding carboxylic acids is 1. The average molecular weight is 391 g/mol. The first kappa shape index (κ1) is 18.2. The van der Waals surface area contributed by atoms with Crippen LogP contribution in [-0.4, -0.2) is 20.4 Å². The molecule has 2 aromatic heterocycles. The van der Waals surface area contributed by atoms with Crippen LogP contribution in [0, 0.1) is 13.8 Å². The van der Waals surface area contributed by atoms with Gasteiger partial charge in [-0.3, -0.25) is 4.79 Å². The highest BCUT2D eigenvalue weighted by molar-refractivity contribution is 6.30. The van der Waals surface area contributed by atoms with Gasteiger partial charge in [-0.2, -0.15) is 0 Å². The minimum Gasteiger partial charge on any atom is -0.320 e. The lowest BCUT2D eigenvalue weighted by atomic mass is 10.2. The molecular weight excluding hydrogens is 372 g/mol. The molecule has 2 heterocycles. The lowest BCUT2D eigenvalue weighted by molar-refractivity contribution is 0.102. The number of aromatic nitrogens is 3. The van der Waals surface area contributed by atoms with Crippen LogP contribution in [0.4, 0.5) is 5.69 Å². The third kappa shape index (κ3) is 3.62. The van der Waals surface area contributed by atoms with Gasteiger partial charge < -0.3 is 9.88 Å². The molecule has 0 bridgehead atoms. The zero-order chi connectivity index (χ0) is 19.7. The summed E-state index contributed by atoms with van der Waals surface area (Å²) in [5.74, 6) is 0.674. The number of carbonyl (C=O) groups is 1. The molecule has 28 heavy (non-hydrogen) atoms. The van der Waals surface area contributed by atoms with Gasteiger partial charge in [0.05, 0.1) is 17.9 Å². The molecule has 0 fully saturated rings. The minimum absolute atomic E-state index is 0.207. The van der Waals surface area contributed by atoms with E-state index in [2.05, 4.69) is 27.0 Å². The summed E-state index contributed by atoms with van der Waals surface area (Å²) in [4.78, 5) is 21.9. The number of pyridine rings is 1. The van der Waals surface area contributed by atoms with E-state index >= 15 is 0 Å². The van der Waals surface area contributed by atoms with Crippen LogP contribution >= 0.6 is 11.6 Å². The number of halogens is 1. The highest BCUT2D eigenvalue weighted by Crippen LogP contribution is 2.23. The SMILES string of the molecule is Cc1nc2c(cc1NC(=O)c1ccc(Cl)cc1)nc(C)n2Cc1ccccc1. The summed E-state index contributed by atoms with van der Waals surface area (Å²) in [5, 5.41) is 3.52. The Morgan fingerprint density at radius 1 is 1.04 bits per heavy atom. The van der Waals surface area contributed by atoms with Crippen LogP contribution in [0.1, 0.15) is 27.4 Å². The predicted molar refractivity (Wildman–Crippen MR) is 112 cm³/mol. The van der Waals surface area contributed by atoms with E-state index < -0.39 is 0 Å². The molecule has 6 heteroatoms. The molecule has 4 aromatic rings. The van der Waals surface area contributed by atoms with Gasteiger partial charge >= 0.3 is 0 Å². The average Bonchev–Trinajstić information content (AvgIpc) is 2.98. The lowest BCUT2D eigenvalue weighted by Crippen LogP contribution is -2.13. The van der Waals surface area contributed by atoms with Crippen molar-refractivity contribution in [1.29, 1.82) is 0 Å². The van der Waals surface area contributed by atoms with E-state index in [4.69, 9.17) is 16.6 Å². The van der Waals surface area contributed by atoms with Crippen LogP contribution in [0.5, 0.6) is 0 Å². The maximum atomic E-state index is 12.5. The molecule has 0 aliphatic carbocycles. The number of fused-ring (bicyclic) bond motifs is 1. The summed E-state index contributed by atoms with van der Waals surface area (Å²) in [7, 11) is 0. The van der Waals surface area contributed by atoms with Crippen molar-refractivity contribution in [2.75, 3.05) is 5.32 Å². The Hall–Kier alpha value is -3.18. The summed E-state index contributed by atoms with van der Waals surface area (Å²) in [6.07, 6.45) is 0. The van der Waals surface area contributed by atoms with Crippen LogP contribution in [0.3, 0.4) is 0 Å². The monoisotopic (exact) mass is 390 g/mol. The second-order valence-corrected chi connectivity index (χ2v) is 7.09. The predicted octanol–water partition coefficient (Wildman–Crippen LogP) is 5.00. The Morgan fingerprint density at radius 2 is 1.75 bits per heavy atom. The Labute approximate surface area is 168 Å². The first-order valence-electron chi connectivity index (χ1n) is 8.96. The zero-order valence-electron chi connectivity index (χ0n) is 15.6. The smallest absolute Gasteiger partial charge is 0.255 e. The molecule has 2 aromatic carbocycles. The van der Waals surface area contributed by atoms with E-state index in [1.807, 2.05) is 38.1 Å². The number of imidazole rings is 1. The summed E-state index contributed by atoms with van der Waals surface area (Å²) >= 11 is 5.89. The van der Waals surface area contributed by atoms with Gasteiger partial charge in [0.15, 0.2) is 5.65 Å². The highest BCUT2D eigenvalue weighted by Gasteiger charge is 2.14. The lowest BCUT2D eigenvalue weighted by Gasteiger charge is -2.10. The van der Waals surface area contributed by atoms with Gasteiger partial charge in [0, 0.05) is 10.6 Å². The number of hydrogen-bond acceptors (Lipinski definition) is 3. The quantitative estimate of drug-likeness (QED) is 0.533. The van der Waals surface area contributed by atoms with Gasteiger partial charge in [0.25, 0.3) is 5.91 Å². The van der Waals surface area contributed by atoms with Crippen molar-refractivity contribution in [2.24, 2.45) is 0 Å². The molecular formula is C22H19ClN4O. The van der Waals surface area contributed by atoms with Crippen LogP contribution in [0.2, 0.25) is 5.02 Å². The van der Waals surface area contributed by atoms with Gasteiger partial charge in [-0.15, -0.1) is 0 Å². The van der Waals surface area contributed by atoms with Crippen molar-refractivity contribution < 1.29 is 4.79 Å². The number of aryl methyl sites for hydroxylation is 2. The first-order chi connectivity index (χ1) is 13.5. The van der Waals surface area contributed by atoms with Crippen molar-refractivity contribution in [3.8, 4) is 0 Å². The number of nitrogens with one attached hydrogen (secondary N) is 1. The Bertz CT molecular complexity index is 1150. The molecule has 0 aliphatic heterocycles. The van der Waals surface area contributed by atoms with E-state index in [0.29, 0.717) is 22.8 Å². The van der Waals surface area contributed by atoms with E-state index in [1.165, 1.54) is 5.56 Å². The van der Waals surface area contributed by atoms with Gasteiger partial charge in [0.2, 0.25) is 0 Å². The van der Waals surface area contributed by atoms with Gasteiger partial charge in [-0.1, -0.05) is 41.9 Å². The molecule has 0 saturated carbocycles.